The Morgan fingerprint density at radius 2 is 2.11 bits per heavy atom. The Morgan fingerprint density at radius 1 is 1.28 bits per heavy atom. The summed E-state index contributed by atoms with van der Waals surface area (Å²) in [5.74, 6) is 1.13. The molecule has 0 bridgehead atoms. The highest BCUT2D eigenvalue weighted by Crippen LogP contribution is 2.18. The largest absolute Gasteiger partial charge is 0.316 e. The first-order chi connectivity index (χ1) is 8.57. The maximum atomic E-state index is 11.3. The molecule has 0 aliphatic carbocycles. The van der Waals surface area contributed by atoms with Crippen LogP contribution in [0.15, 0.2) is 0 Å². The summed E-state index contributed by atoms with van der Waals surface area (Å²) >= 11 is 0. The summed E-state index contributed by atoms with van der Waals surface area (Å²) in [6.07, 6.45) is 6.04. The SMILES string of the molecule is CN1CCCCC1CCNCC1CCS(=O)(=O)C1. The van der Waals surface area contributed by atoms with E-state index in [0.717, 1.165) is 25.6 Å². The van der Waals surface area contributed by atoms with E-state index in [9.17, 15) is 8.42 Å². The van der Waals surface area contributed by atoms with Gasteiger partial charge in [0.1, 0.15) is 0 Å². The van der Waals surface area contributed by atoms with Crippen molar-refractivity contribution in [2.24, 2.45) is 5.92 Å². The van der Waals surface area contributed by atoms with Crippen molar-refractivity contribution in [3.63, 3.8) is 0 Å². The molecule has 2 saturated heterocycles. The second-order valence-electron chi connectivity index (χ2n) is 5.89. The minimum atomic E-state index is -2.71. The standard InChI is InChI=1S/C13H26N2O2S/c1-15-8-3-2-4-13(15)5-7-14-10-12-6-9-18(16,17)11-12/h12-14H,2-11H2,1H3. The van der Waals surface area contributed by atoms with E-state index >= 15 is 0 Å². The fourth-order valence-corrected chi connectivity index (χ4v) is 4.98. The first kappa shape index (κ1) is 14.3. The fourth-order valence-electron chi connectivity index (χ4n) is 3.12. The third-order valence-corrected chi connectivity index (χ3v) is 6.17. The summed E-state index contributed by atoms with van der Waals surface area (Å²) < 4.78 is 22.7. The number of piperidine rings is 1. The van der Waals surface area contributed by atoms with Crippen LogP contribution < -0.4 is 5.32 Å². The first-order valence-electron chi connectivity index (χ1n) is 7.18. The van der Waals surface area contributed by atoms with Gasteiger partial charge in [0.25, 0.3) is 0 Å². The molecule has 0 radical (unpaired) electrons. The minimum Gasteiger partial charge on any atom is -0.316 e. The van der Waals surface area contributed by atoms with Crippen molar-refractivity contribution in [1.29, 1.82) is 0 Å². The number of hydrogen-bond acceptors (Lipinski definition) is 4. The predicted molar refractivity (Wildman–Crippen MR) is 74.5 cm³/mol. The summed E-state index contributed by atoms with van der Waals surface area (Å²) in [6, 6.07) is 0.721. The maximum Gasteiger partial charge on any atom is 0.150 e. The molecule has 0 aromatic carbocycles. The molecule has 0 aromatic heterocycles. The van der Waals surface area contributed by atoms with Gasteiger partial charge < -0.3 is 10.2 Å². The van der Waals surface area contributed by atoms with Gasteiger partial charge in [-0.2, -0.15) is 0 Å². The molecule has 0 amide bonds. The third kappa shape index (κ3) is 4.21. The molecular weight excluding hydrogens is 248 g/mol. The molecule has 18 heavy (non-hydrogen) atoms. The van der Waals surface area contributed by atoms with Gasteiger partial charge in [0.05, 0.1) is 11.5 Å². The van der Waals surface area contributed by atoms with Crippen molar-refractivity contribution in [2.45, 2.75) is 38.1 Å². The van der Waals surface area contributed by atoms with Gasteiger partial charge in [0, 0.05) is 6.04 Å². The molecule has 2 aliphatic rings. The van der Waals surface area contributed by atoms with Crippen LogP contribution in [-0.4, -0.2) is 57.5 Å². The Bertz CT molecular complexity index is 356. The lowest BCUT2D eigenvalue weighted by Gasteiger charge is -2.32. The van der Waals surface area contributed by atoms with E-state index < -0.39 is 9.84 Å². The fraction of sp³-hybridized carbons (Fsp3) is 1.00. The second-order valence-corrected chi connectivity index (χ2v) is 8.12. The average Bonchev–Trinajstić information content (AvgIpc) is 2.67. The number of likely N-dealkylation sites (tertiary alicyclic amines) is 1. The Kier molecular flexibility index (Phi) is 5.04. The quantitative estimate of drug-likeness (QED) is 0.756. The van der Waals surface area contributed by atoms with E-state index in [2.05, 4.69) is 17.3 Å². The Morgan fingerprint density at radius 3 is 2.78 bits per heavy atom. The molecule has 106 valence electrons. The summed E-state index contributed by atoms with van der Waals surface area (Å²) in [7, 11) is -0.494. The van der Waals surface area contributed by atoms with Crippen LogP contribution >= 0.6 is 0 Å². The Balaban J connectivity index is 1.59. The molecule has 2 aliphatic heterocycles. The van der Waals surface area contributed by atoms with Crippen molar-refractivity contribution in [3.05, 3.63) is 0 Å². The zero-order valence-electron chi connectivity index (χ0n) is 11.4. The molecule has 4 nitrogen and oxygen atoms in total. The molecular formula is C13H26N2O2S. The van der Waals surface area contributed by atoms with Gasteiger partial charge in [-0.15, -0.1) is 0 Å². The molecule has 0 aromatic rings. The van der Waals surface area contributed by atoms with Crippen LogP contribution in [0.25, 0.3) is 0 Å². The molecule has 1 N–H and O–H groups in total. The highest BCUT2D eigenvalue weighted by Gasteiger charge is 2.27. The maximum absolute atomic E-state index is 11.3. The number of nitrogens with zero attached hydrogens (tertiary/aromatic N) is 1. The van der Waals surface area contributed by atoms with Gasteiger partial charge in [-0.3, -0.25) is 0 Å². The van der Waals surface area contributed by atoms with Crippen LogP contribution in [0.5, 0.6) is 0 Å². The molecule has 2 fully saturated rings. The van der Waals surface area contributed by atoms with Crippen molar-refractivity contribution in [2.75, 3.05) is 38.2 Å². The number of nitrogens with one attached hydrogen (secondary N) is 1. The number of hydrogen-bond donors (Lipinski definition) is 1. The third-order valence-electron chi connectivity index (χ3n) is 4.34. The topological polar surface area (TPSA) is 49.4 Å². The lowest BCUT2D eigenvalue weighted by Crippen LogP contribution is -2.38. The number of rotatable bonds is 5. The minimum absolute atomic E-state index is 0.346. The lowest BCUT2D eigenvalue weighted by atomic mass is 10.00. The van der Waals surface area contributed by atoms with Crippen LogP contribution in [0.1, 0.15) is 32.1 Å². The summed E-state index contributed by atoms with van der Waals surface area (Å²) in [6.45, 7) is 3.12. The first-order valence-corrected chi connectivity index (χ1v) is 9.00. The summed E-state index contributed by atoms with van der Waals surface area (Å²) in [5.41, 5.74) is 0. The highest BCUT2D eigenvalue weighted by atomic mass is 32.2. The van der Waals surface area contributed by atoms with Crippen molar-refractivity contribution in [3.8, 4) is 0 Å². The van der Waals surface area contributed by atoms with Crippen LogP contribution in [0, 0.1) is 5.92 Å². The van der Waals surface area contributed by atoms with Crippen molar-refractivity contribution in [1.82, 2.24) is 10.2 Å². The van der Waals surface area contributed by atoms with E-state index in [1.165, 1.54) is 32.2 Å². The molecule has 0 saturated carbocycles. The molecule has 5 heteroatoms. The van der Waals surface area contributed by atoms with Crippen LogP contribution in [-0.2, 0) is 9.84 Å². The smallest absolute Gasteiger partial charge is 0.150 e. The summed E-state index contributed by atoms with van der Waals surface area (Å²) in [4.78, 5) is 2.46. The van der Waals surface area contributed by atoms with E-state index in [-0.39, 0.29) is 0 Å². The zero-order valence-corrected chi connectivity index (χ0v) is 12.2. The van der Waals surface area contributed by atoms with Crippen LogP contribution in [0.2, 0.25) is 0 Å². The summed E-state index contributed by atoms with van der Waals surface area (Å²) in [5, 5.41) is 3.44. The monoisotopic (exact) mass is 274 g/mol. The van der Waals surface area contributed by atoms with E-state index in [1.807, 2.05) is 0 Å². The normalized spacial score (nSPS) is 32.7. The Hall–Kier alpha value is -0.130. The van der Waals surface area contributed by atoms with E-state index in [0.29, 0.717) is 17.4 Å². The lowest BCUT2D eigenvalue weighted by molar-refractivity contribution is 0.175. The molecule has 2 unspecified atom stereocenters. The predicted octanol–water partition coefficient (Wildman–Crippen LogP) is 0.885. The average molecular weight is 274 g/mol. The second kappa shape index (κ2) is 6.35. The molecule has 2 heterocycles. The zero-order chi connectivity index (χ0) is 13.0. The molecule has 2 rings (SSSR count). The van der Waals surface area contributed by atoms with Gasteiger partial charge in [-0.05, 0) is 58.3 Å². The Labute approximate surface area is 111 Å². The van der Waals surface area contributed by atoms with Crippen molar-refractivity contribution < 1.29 is 8.42 Å². The van der Waals surface area contributed by atoms with Gasteiger partial charge >= 0.3 is 0 Å². The molecule has 2 atom stereocenters. The van der Waals surface area contributed by atoms with Crippen LogP contribution in [0.4, 0.5) is 0 Å². The van der Waals surface area contributed by atoms with Gasteiger partial charge in [0.2, 0.25) is 0 Å². The van der Waals surface area contributed by atoms with E-state index in [1.54, 1.807) is 0 Å². The van der Waals surface area contributed by atoms with E-state index in [4.69, 9.17) is 0 Å². The highest BCUT2D eigenvalue weighted by molar-refractivity contribution is 7.91. The molecule has 0 spiro atoms. The van der Waals surface area contributed by atoms with Gasteiger partial charge in [0.15, 0.2) is 9.84 Å². The van der Waals surface area contributed by atoms with Crippen molar-refractivity contribution >= 4 is 9.84 Å². The van der Waals surface area contributed by atoms with Gasteiger partial charge in [-0.1, -0.05) is 6.42 Å². The van der Waals surface area contributed by atoms with Gasteiger partial charge in [-0.25, -0.2) is 8.42 Å². The van der Waals surface area contributed by atoms with Crippen LogP contribution in [0.3, 0.4) is 0 Å². The number of sulfone groups is 1.